The first-order chi connectivity index (χ1) is 11.8. The summed E-state index contributed by atoms with van der Waals surface area (Å²) in [5.74, 6) is 1.73. The van der Waals surface area contributed by atoms with Crippen LogP contribution in [0.5, 0.6) is 0 Å². The van der Waals surface area contributed by atoms with Crippen LogP contribution >= 0.6 is 0 Å². The standard InChI is InChI=1S/C17H27N5O2/c1-2-20-7-9-22(10-8-20)16-13-15(18-14-19-16)21-5-3-17(4-6-21)23-11-12-24-17/h13-14H,2-12H2,1H3. The summed E-state index contributed by atoms with van der Waals surface area (Å²) in [7, 11) is 0. The Morgan fingerprint density at radius 1 is 0.917 bits per heavy atom. The predicted molar refractivity (Wildman–Crippen MR) is 92.4 cm³/mol. The van der Waals surface area contributed by atoms with Crippen molar-refractivity contribution in [3.8, 4) is 0 Å². The third-order valence-corrected chi connectivity index (χ3v) is 5.44. The van der Waals surface area contributed by atoms with Gasteiger partial charge in [-0.2, -0.15) is 0 Å². The molecule has 4 heterocycles. The third-order valence-electron chi connectivity index (χ3n) is 5.44. The molecule has 3 saturated heterocycles. The predicted octanol–water partition coefficient (Wildman–Crippen LogP) is 0.962. The van der Waals surface area contributed by atoms with Crippen LogP contribution in [0.25, 0.3) is 0 Å². The summed E-state index contributed by atoms with van der Waals surface area (Å²) in [6.07, 6.45) is 3.51. The summed E-state index contributed by atoms with van der Waals surface area (Å²) in [5, 5.41) is 0. The van der Waals surface area contributed by atoms with Crippen molar-refractivity contribution in [2.45, 2.75) is 25.6 Å². The van der Waals surface area contributed by atoms with Crippen LogP contribution in [0.4, 0.5) is 11.6 Å². The van der Waals surface area contributed by atoms with Crippen molar-refractivity contribution in [1.29, 1.82) is 0 Å². The SMILES string of the molecule is CCN1CCN(c2cc(N3CCC4(CC3)OCCO4)ncn2)CC1. The van der Waals surface area contributed by atoms with Gasteiger partial charge in [-0.25, -0.2) is 9.97 Å². The fraction of sp³-hybridized carbons (Fsp3) is 0.765. The number of hydrogen-bond donors (Lipinski definition) is 0. The molecule has 7 nitrogen and oxygen atoms in total. The molecule has 0 radical (unpaired) electrons. The van der Waals surface area contributed by atoms with Crippen molar-refractivity contribution >= 4 is 11.6 Å². The summed E-state index contributed by atoms with van der Waals surface area (Å²) >= 11 is 0. The highest BCUT2D eigenvalue weighted by Gasteiger charge is 2.40. The Balaban J connectivity index is 1.40. The number of aromatic nitrogens is 2. The van der Waals surface area contributed by atoms with Crippen molar-refractivity contribution in [1.82, 2.24) is 14.9 Å². The minimum absolute atomic E-state index is 0.331. The van der Waals surface area contributed by atoms with E-state index < -0.39 is 0 Å². The van der Waals surface area contributed by atoms with Gasteiger partial charge < -0.3 is 24.2 Å². The Bertz CT molecular complexity index is 546. The molecule has 1 aromatic heterocycles. The second-order valence-corrected chi connectivity index (χ2v) is 6.75. The maximum absolute atomic E-state index is 5.81. The zero-order valence-corrected chi connectivity index (χ0v) is 14.5. The van der Waals surface area contributed by atoms with Crippen LogP contribution in [-0.2, 0) is 9.47 Å². The van der Waals surface area contributed by atoms with Crippen LogP contribution in [-0.4, -0.2) is 79.7 Å². The first-order valence-corrected chi connectivity index (χ1v) is 9.10. The van der Waals surface area contributed by atoms with E-state index in [4.69, 9.17) is 9.47 Å². The lowest BCUT2D eigenvalue weighted by Gasteiger charge is -2.38. The first kappa shape index (κ1) is 16.1. The van der Waals surface area contributed by atoms with Crippen molar-refractivity contribution in [3.05, 3.63) is 12.4 Å². The van der Waals surface area contributed by atoms with Crippen molar-refractivity contribution < 1.29 is 9.47 Å². The van der Waals surface area contributed by atoms with Crippen molar-refractivity contribution in [3.63, 3.8) is 0 Å². The molecule has 1 spiro atoms. The molecule has 0 atom stereocenters. The minimum Gasteiger partial charge on any atom is -0.356 e. The maximum Gasteiger partial charge on any atom is 0.171 e. The lowest BCUT2D eigenvalue weighted by molar-refractivity contribution is -0.169. The minimum atomic E-state index is -0.331. The lowest BCUT2D eigenvalue weighted by Crippen LogP contribution is -2.47. The monoisotopic (exact) mass is 333 g/mol. The van der Waals surface area contributed by atoms with E-state index in [0.29, 0.717) is 0 Å². The van der Waals surface area contributed by atoms with Gasteiger partial charge in [-0.3, -0.25) is 0 Å². The van der Waals surface area contributed by atoms with E-state index >= 15 is 0 Å². The van der Waals surface area contributed by atoms with Gasteiger partial charge in [0.25, 0.3) is 0 Å². The number of rotatable bonds is 3. The van der Waals surface area contributed by atoms with Gasteiger partial charge in [-0.05, 0) is 6.54 Å². The van der Waals surface area contributed by atoms with E-state index in [9.17, 15) is 0 Å². The van der Waals surface area contributed by atoms with Gasteiger partial charge in [0.15, 0.2) is 5.79 Å². The van der Waals surface area contributed by atoms with Crippen LogP contribution in [0.1, 0.15) is 19.8 Å². The molecule has 0 saturated carbocycles. The average molecular weight is 333 g/mol. The number of ether oxygens (including phenoxy) is 2. The van der Waals surface area contributed by atoms with Gasteiger partial charge in [-0.15, -0.1) is 0 Å². The van der Waals surface area contributed by atoms with Gasteiger partial charge in [0.05, 0.1) is 13.2 Å². The summed E-state index contributed by atoms with van der Waals surface area (Å²) in [6, 6.07) is 2.13. The molecule has 7 heteroatoms. The molecular formula is C17H27N5O2. The number of hydrogen-bond acceptors (Lipinski definition) is 7. The largest absolute Gasteiger partial charge is 0.356 e. The summed E-state index contributed by atoms with van der Waals surface area (Å²) in [6.45, 7) is 10.9. The van der Waals surface area contributed by atoms with Crippen LogP contribution in [0, 0.1) is 0 Å². The van der Waals surface area contributed by atoms with Crippen molar-refractivity contribution in [2.75, 3.05) is 68.8 Å². The lowest BCUT2D eigenvalue weighted by atomic mass is 10.0. The molecule has 1 aromatic rings. The Labute approximate surface area is 143 Å². The summed E-state index contributed by atoms with van der Waals surface area (Å²) in [5.41, 5.74) is 0. The highest BCUT2D eigenvalue weighted by Crippen LogP contribution is 2.33. The van der Waals surface area contributed by atoms with Gasteiger partial charge in [0.2, 0.25) is 0 Å². The Morgan fingerprint density at radius 3 is 2.08 bits per heavy atom. The van der Waals surface area contributed by atoms with Gasteiger partial charge in [-0.1, -0.05) is 6.92 Å². The maximum atomic E-state index is 5.81. The molecular weight excluding hydrogens is 306 g/mol. The second-order valence-electron chi connectivity index (χ2n) is 6.75. The molecule has 132 valence electrons. The highest BCUT2D eigenvalue weighted by atomic mass is 16.7. The average Bonchev–Trinajstić information content (AvgIpc) is 3.10. The van der Waals surface area contributed by atoms with E-state index in [0.717, 1.165) is 83.5 Å². The molecule has 3 aliphatic rings. The highest BCUT2D eigenvalue weighted by molar-refractivity contribution is 5.50. The molecule has 0 aliphatic carbocycles. The normalized spacial score (nSPS) is 24.7. The molecule has 24 heavy (non-hydrogen) atoms. The number of anilines is 2. The van der Waals surface area contributed by atoms with Crippen LogP contribution < -0.4 is 9.80 Å². The zero-order chi connectivity index (χ0) is 16.4. The number of piperidine rings is 1. The van der Waals surface area contributed by atoms with Crippen LogP contribution in [0.2, 0.25) is 0 Å². The van der Waals surface area contributed by atoms with E-state index in [2.05, 4.69) is 37.7 Å². The van der Waals surface area contributed by atoms with Crippen LogP contribution in [0.3, 0.4) is 0 Å². The van der Waals surface area contributed by atoms with E-state index in [1.807, 2.05) is 0 Å². The molecule has 0 aromatic carbocycles. The third kappa shape index (κ3) is 3.20. The number of nitrogens with zero attached hydrogens (tertiary/aromatic N) is 5. The quantitative estimate of drug-likeness (QED) is 0.817. The molecule has 4 rings (SSSR count). The topological polar surface area (TPSA) is 54.0 Å². The summed E-state index contributed by atoms with van der Waals surface area (Å²) in [4.78, 5) is 16.2. The molecule has 0 unspecified atom stereocenters. The molecule has 3 fully saturated rings. The smallest absolute Gasteiger partial charge is 0.171 e. The van der Waals surface area contributed by atoms with E-state index in [1.165, 1.54) is 0 Å². The van der Waals surface area contributed by atoms with Gasteiger partial charge in [0, 0.05) is 58.2 Å². The van der Waals surface area contributed by atoms with Gasteiger partial charge in [0.1, 0.15) is 18.0 Å². The fourth-order valence-electron chi connectivity index (χ4n) is 3.84. The summed E-state index contributed by atoms with van der Waals surface area (Å²) < 4.78 is 11.6. The second kappa shape index (κ2) is 6.82. The molecule has 0 bridgehead atoms. The van der Waals surface area contributed by atoms with E-state index in [1.54, 1.807) is 6.33 Å². The Hall–Kier alpha value is -1.44. The van der Waals surface area contributed by atoms with Gasteiger partial charge >= 0.3 is 0 Å². The number of likely N-dealkylation sites (N-methyl/N-ethyl adjacent to an activating group) is 1. The molecule has 0 amide bonds. The fourth-order valence-corrected chi connectivity index (χ4v) is 3.84. The first-order valence-electron chi connectivity index (χ1n) is 9.10. The zero-order valence-electron chi connectivity index (χ0n) is 14.5. The van der Waals surface area contributed by atoms with Crippen LogP contribution in [0.15, 0.2) is 12.4 Å². The van der Waals surface area contributed by atoms with E-state index in [-0.39, 0.29) is 5.79 Å². The molecule has 3 aliphatic heterocycles. The number of piperazine rings is 1. The Morgan fingerprint density at radius 2 is 1.50 bits per heavy atom. The Kier molecular flexibility index (Phi) is 4.56. The molecule has 0 N–H and O–H groups in total. The van der Waals surface area contributed by atoms with Crippen molar-refractivity contribution in [2.24, 2.45) is 0 Å².